The van der Waals surface area contributed by atoms with Crippen molar-refractivity contribution in [2.24, 2.45) is 5.92 Å². The number of hydrogen-bond donors (Lipinski definition) is 0. The quantitative estimate of drug-likeness (QED) is 0.0600. The fourth-order valence-corrected chi connectivity index (χ4v) is 5.32. The van der Waals surface area contributed by atoms with Gasteiger partial charge in [-0.15, -0.1) is 0 Å². The largest absolute Gasteiger partial charge is 0.466 e. The maximum absolute atomic E-state index is 11.9. The highest BCUT2D eigenvalue weighted by Crippen LogP contribution is 2.18. The molecule has 0 aliphatic rings. The molecule has 1 unspecified atom stereocenters. The molecule has 0 amide bonds. The first-order chi connectivity index (χ1) is 19.6. The highest BCUT2D eigenvalue weighted by Gasteiger charge is 2.08. The van der Waals surface area contributed by atoms with Crippen LogP contribution < -0.4 is 0 Å². The van der Waals surface area contributed by atoms with Gasteiger partial charge in [-0.3, -0.25) is 9.59 Å². The van der Waals surface area contributed by atoms with Gasteiger partial charge in [0.15, 0.2) is 0 Å². The Bertz CT molecular complexity index is 533. The van der Waals surface area contributed by atoms with Crippen LogP contribution >= 0.6 is 0 Å². The molecule has 0 aliphatic carbocycles. The minimum absolute atomic E-state index is 0.000746. The van der Waals surface area contributed by atoms with Crippen LogP contribution in [-0.4, -0.2) is 25.2 Å². The van der Waals surface area contributed by atoms with Crippen LogP contribution in [0.15, 0.2) is 0 Å². The van der Waals surface area contributed by atoms with Crippen LogP contribution in [0.1, 0.15) is 201 Å². The Labute approximate surface area is 250 Å². The first-order valence-electron chi connectivity index (χ1n) is 17.9. The van der Waals surface area contributed by atoms with E-state index in [0.717, 1.165) is 32.1 Å². The molecular weight excluding hydrogens is 496 g/mol. The zero-order valence-corrected chi connectivity index (χ0v) is 27.4. The van der Waals surface area contributed by atoms with Crippen molar-refractivity contribution in [1.82, 2.24) is 0 Å². The summed E-state index contributed by atoms with van der Waals surface area (Å²) in [6.45, 7) is 7.97. The molecule has 0 rings (SSSR count). The lowest BCUT2D eigenvalue weighted by Crippen LogP contribution is -2.08. The Morgan fingerprint density at radius 2 is 0.775 bits per heavy atom. The Hall–Kier alpha value is -1.06. The highest BCUT2D eigenvalue weighted by atomic mass is 16.5. The van der Waals surface area contributed by atoms with E-state index in [2.05, 4.69) is 20.8 Å². The predicted octanol–water partition coefficient (Wildman–Crippen LogP) is 11.7. The van der Waals surface area contributed by atoms with Gasteiger partial charge in [0.1, 0.15) is 0 Å². The Morgan fingerprint density at radius 3 is 1.23 bits per heavy atom. The molecule has 1 atom stereocenters. The standard InChI is InChI=1S/C36H70O4/c1-4-6-8-10-22-26-32-39-35(37)29-25-21-19-17-15-13-12-14-16-18-20-24-28-34(3)30-31-36(38)40-33-27-23-11-9-7-5-2/h34H,4-33H2,1-3H3. The van der Waals surface area contributed by atoms with Crippen LogP contribution in [0.4, 0.5) is 0 Å². The Balaban J connectivity index is 3.29. The Kier molecular flexibility index (Phi) is 31.6. The van der Waals surface area contributed by atoms with Gasteiger partial charge in [0.2, 0.25) is 0 Å². The van der Waals surface area contributed by atoms with Gasteiger partial charge in [0, 0.05) is 12.8 Å². The number of esters is 2. The zero-order chi connectivity index (χ0) is 29.4. The second kappa shape index (κ2) is 32.5. The number of hydrogen-bond acceptors (Lipinski definition) is 4. The van der Waals surface area contributed by atoms with Crippen molar-refractivity contribution >= 4 is 11.9 Å². The lowest BCUT2D eigenvalue weighted by Gasteiger charge is -2.11. The van der Waals surface area contributed by atoms with E-state index in [-0.39, 0.29) is 11.9 Å². The van der Waals surface area contributed by atoms with Crippen molar-refractivity contribution in [2.45, 2.75) is 201 Å². The molecule has 40 heavy (non-hydrogen) atoms. The summed E-state index contributed by atoms with van der Waals surface area (Å²) < 4.78 is 10.8. The lowest BCUT2D eigenvalue weighted by molar-refractivity contribution is -0.144. The van der Waals surface area contributed by atoms with Gasteiger partial charge in [-0.25, -0.2) is 0 Å². The molecular formula is C36H70O4. The van der Waals surface area contributed by atoms with Gasteiger partial charge in [0.25, 0.3) is 0 Å². The molecule has 0 bridgehead atoms. The summed E-state index contributed by atoms with van der Waals surface area (Å²) in [5.41, 5.74) is 0. The monoisotopic (exact) mass is 567 g/mol. The molecule has 0 aromatic heterocycles. The number of rotatable bonds is 32. The minimum Gasteiger partial charge on any atom is -0.466 e. The second-order valence-corrected chi connectivity index (χ2v) is 12.4. The maximum Gasteiger partial charge on any atom is 0.305 e. The Morgan fingerprint density at radius 1 is 0.425 bits per heavy atom. The molecule has 238 valence electrons. The van der Waals surface area contributed by atoms with Crippen molar-refractivity contribution in [1.29, 1.82) is 0 Å². The SMILES string of the molecule is CCCCCCCCOC(=O)CCCCCCCCCCCCCCC(C)CCC(=O)OCCCCCCCC. The van der Waals surface area contributed by atoms with Crippen LogP contribution in [0, 0.1) is 5.92 Å². The molecule has 0 aromatic rings. The molecule has 4 nitrogen and oxygen atoms in total. The van der Waals surface area contributed by atoms with Crippen molar-refractivity contribution < 1.29 is 19.1 Å². The number of unbranched alkanes of at least 4 members (excludes halogenated alkanes) is 21. The van der Waals surface area contributed by atoms with E-state index in [1.54, 1.807) is 0 Å². The zero-order valence-electron chi connectivity index (χ0n) is 27.4. The van der Waals surface area contributed by atoms with E-state index >= 15 is 0 Å². The van der Waals surface area contributed by atoms with Crippen LogP contribution in [0.2, 0.25) is 0 Å². The van der Waals surface area contributed by atoms with E-state index in [4.69, 9.17) is 9.47 Å². The van der Waals surface area contributed by atoms with E-state index in [0.29, 0.717) is 32.0 Å². The van der Waals surface area contributed by atoms with Gasteiger partial charge in [0.05, 0.1) is 13.2 Å². The summed E-state index contributed by atoms with van der Waals surface area (Å²) in [4.78, 5) is 23.7. The second-order valence-electron chi connectivity index (χ2n) is 12.4. The van der Waals surface area contributed by atoms with Gasteiger partial charge in [-0.2, -0.15) is 0 Å². The van der Waals surface area contributed by atoms with E-state index in [1.807, 2.05) is 0 Å². The summed E-state index contributed by atoms with van der Waals surface area (Å²) >= 11 is 0. The van der Waals surface area contributed by atoms with Crippen LogP contribution in [0.3, 0.4) is 0 Å². The third-order valence-electron chi connectivity index (χ3n) is 8.19. The summed E-state index contributed by atoms with van der Waals surface area (Å²) in [5.74, 6) is 0.623. The molecule has 0 saturated carbocycles. The molecule has 0 N–H and O–H groups in total. The van der Waals surface area contributed by atoms with Gasteiger partial charge in [-0.05, 0) is 31.6 Å². The minimum atomic E-state index is -0.000746. The number of carbonyl (C=O) groups excluding carboxylic acids is 2. The number of carbonyl (C=O) groups is 2. The molecule has 0 heterocycles. The van der Waals surface area contributed by atoms with Crippen LogP contribution in [0.25, 0.3) is 0 Å². The molecule has 0 spiro atoms. The summed E-state index contributed by atoms with van der Waals surface area (Å²) in [6.07, 6.45) is 33.6. The topological polar surface area (TPSA) is 52.6 Å². The number of ether oxygens (including phenoxy) is 2. The third-order valence-corrected chi connectivity index (χ3v) is 8.19. The highest BCUT2D eigenvalue weighted by molar-refractivity contribution is 5.69. The molecule has 0 saturated heterocycles. The first-order valence-corrected chi connectivity index (χ1v) is 17.9. The van der Waals surface area contributed by atoms with Gasteiger partial charge in [-0.1, -0.05) is 162 Å². The van der Waals surface area contributed by atoms with Crippen molar-refractivity contribution in [3.8, 4) is 0 Å². The normalized spacial score (nSPS) is 12.0. The smallest absolute Gasteiger partial charge is 0.305 e. The fourth-order valence-electron chi connectivity index (χ4n) is 5.32. The molecule has 0 aromatic carbocycles. The fraction of sp³-hybridized carbons (Fsp3) is 0.944. The summed E-state index contributed by atoms with van der Waals surface area (Å²) in [6, 6.07) is 0. The van der Waals surface area contributed by atoms with Crippen molar-refractivity contribution in [3.63, 3.8) is 0 Å². The van der Waals surface area contributed by atoms with Gasteiger partial charge < -0.3 is 9.47 Å². The third kappa shape index (κ3) is 31.5. The molecule has 0 aliphatic heterocycles. The van der Waals surface area contributed by atoms with Gasteiger partial charge >= 0.3 is 11.9 Å². The van der Waals surface area contributed by atoms with E-state index < -0.39 is 0 Å². The van der Waals surface area contributed by atoms with Crippen molar-refractivity contribution in [3.05, 3.63) is 0 Å². The average molecular weight is 567 g/mol. The maximum atomic E-state index is 11.9. The molecule has 0 radical (unpaired) electrons. The predicted molar refractivity (Wildman–Crippen MR) is 172 cm³/mol. The van der Waals surface area contributed by atoms with Crippen LogP contribution in [-0.2, 0) is 19.1 Å². The summed E-state index contributed by atoms with van der Waals surface area (Å²) in [5, 5.41) is 0. The molecule has 4 heteroatoms. The molecule has 0 fully saturated rings. The van der Waals surface area contributed by atoms with Crippen molar-refractivity contribution in [2.75, 3.05) is 13.2 Å². The summed E-state index contributed by atoms with van der Waals surface area (Å²) in [7, 11) is 0. The van der Waals surface area contributed by atoms with Crippen LogP contribution in [0.5, 0.6) is 0 Å². The van der Waals surface area contributed by atoms with E-state index in [9.17, 15) is 9.59 Å². The van der Waals surface area contributed by atoms with E-state index in [1.165, 1.54) is 135 Å². The first kappa shape index (κ1) is 38.9. The lowest BCUT2D eigenvalue weighted by atomic mass is 9.97. The average Bonchev–Trinajstić information content (AvgIpc) is 2.95.